The van der Waals surface area contributed by atoms with Crippen molar-refractivity contribution in [1.82, 2.24) is 9.97 Å². The van der Waals surface area contributed by atoms with E-state index in [1.165, 1.54) is 0 Å². The smallest absolute Gasteiger partial charge is 0.226 e. The average molecular weight is 308 g/mol. The van der Waals surface area contributed by atoms with Crippen LogP contribution >= 0.6 is 11.6 Å². The Kier molecular flexibility index (Phi) is 5.22. The molecule has 0 aliphatic heterocycles. The minimum absolute atomic E-state index is 0.0661. The molecule has 2 aromatic rings. The second-order valence-corrected chi connectivity index (χ2v) is 5.07. The van der Waals surface area contributed by atoms with Crippen molar-refractivity contribution in [2.45, 2.75) is 26.5 Å². The van der Waals surface area contributed by atoms with Crippen LogP contribution in [-0.2, 0) is 6.54 Å². The van der Waals surface area contributed by atoms with Crippen LogP contribution in [-0.4, -0.2) is 23.2 Å². The molecule has 0 fully saturated rings. The summed E-state index contributed by atoms with van der Waals surface area (Å²) in [7, 11) is 1.61. The molecule has 0 aliphatic rings. The van der Waals surface area contributed by atoms with Gasteiger partial charge < -0.3 is 14.8 Å². The number of halogens is 1. The average Bonchev–Trinajstić information content (AvgIpc) is 2.45. The SMILES string of the molecule is COc1cccc(Cl)c1CNc1nccc(OC(C)C)n1. The maximum atomic E-state index is 6.19. The quantitative estimate of drug-likeness (QED) is 0.884. The second-order valence-electron chi connectivity index (χ2n) is 4.66. The standard InChI is InChI=1S/C15H18ClN3O2/c1-10(2)21-14-7-8-17-15(19-14)18-9-11-12(16)5-4-6-13(11)20-3/h4-8,10H,9H2,1-3H3,(H,17,18,19). The lowest BCUT2D eigenvalue weighted by atomic mass is 10.2. The van der Waals surface area contributed by atoms with Gasteiger partial charge in [0.2, 0.25) is 11.8 Å². The molecule has 5 nitrogen and oxygen atoms in total. The molecule has 0 unspecified atom stereocenters. The zero-order valence-corrected chi connectivity index (χ0v) is 13.0. The fraction of sp³-hybridized carbons (Fsp3) is 0.333. The number of methoxy groups -OCH3 is 1. The van der Waals surface area contributed by atoms with Crippen LogP contribution < -0.4 is 14.8 Å². The Morgan fingerprint density at radius 1 is 1.29 bits per heavy atom. The van der Waals surface area contributed by atoms with Crippen molar-refractivity contribution < 1.29 is 9.47 Å². The van der Waals surface area contributed by atoms with E-state index in [1.54, 1.807) is 19.4 Å². The maximum Gasteiger partial charge on any atom is 0.226 e. The van der Waals surface area contributed by atoms with Crippen molar-refractivity contribution in [2.75, 3.05) is 12.4 Å². The fourth-order valence-electron chi connectivity index (χ4n) is 1.80. The van der Waals surface area contributed by atoms with Crippen molar-refractivity contribution in [1.29, 1.82) is 0 Å². The minimum Gasteiger partial charge on any atom is -0.496 e. The maximum absolute atomic E-state index is 6.19. The summed E-state index contributed by atoms with van der Waals surface area (Å²) in [5.74, 6) is 1.74. The zero-order chi connectivity index (χ0) is 15.2. The summed E-state index contributed by atoms with van der Waals surface area (Å²) in [6.07, 6.45) is 1.72. The highest BCUT2D eigenvalue weighted by Gasteiger charge is 2.08. The number of rotatable bonds is 6. The zero-order valence-electron chi connectivity index (χ0n) is 12.3. The van der Waals surface area contributed by atoms with E-state index in [9.17, 15) is 0 Å². The van der Waals surface area contributed by atoms with Gasteiger partial charge in [-0.1, -0.05) is 17.7 Å². The molecule has 1 heterocycles. The van der Waals surface area contributed by atoms with Crippen molar-refractivity contribution in [3.63, 3.8) is 0 Å². The van der Waals surface area contributed by atoms with E-state index in [1.807, 2.05) is 32.0 Å². The Labute approximate surface area is 129 Å². The summed E-state index contributed by atoms with van der Waals surface area (Å²) in [4.78, 5) is 8.45. The lowest BCUT2D eigenvalue weighted by molar-refractivity contribution is 0.232. The Morgan fingerprint density at radius 3 is 2.81 bits per heavy atom. The van der Waals surface area contributed by atoms with Crippen molar-refractivity contribution >= 4 is 17.5 Å². The van der Waals surface area contributed by atoms with E-state index in [0.29, 0.717) is 23.4 Å². The van der Waals surface area contributed by atoms with Gasteiger partial charge in [-0.3, -0.25) is 0 Å². The Hall–Kier alpha value is -2.01. The fourth-order valence-corrected chi connectivity index (χ4v) is 2.04. The number of aromatic nitrogens is 2. The number of anilines is 1. The lowest BCUT2D eigenvalue weighted by Gasteiger charge is -2.12. The Balaban J connectivity index is 2.10. The number of nitrogens with one attached hydrogen (secondary N) is 1. The van der Waals surface area contributed by atoms with Crippen LogP contribution in [0.2, 0.25) is 5.02 Å². The first-order chi connectivity index (χ1) is 10.1. The van der Waals surface area contributed by atoms with Gasteiger partial charge in [0.1, 0.15) is 5.75 Å². The molecule has 0 bridgehead atoms. The third-order valence-corrected chi connectivity index (χ3v) is 3.06. The van der Waals surface area contributed by atoms with E-state index in [-0.39, 0.29) is 6.10 Å². The normalized spacial score (nSPS) is 10.5. The van der Waals surface area contributed by atoms with Crippen LogP contribution in [0.5, 0.6) is 11.6 Å². The highest BCUT2D eigenvalue weighted by Crippen LogP contribution is 2.26. The van der Waals surface area contributed by atoms with Gasteiger partial charge in [0.25, 0.3) is 0 Å². The number of nitrogens with zero attached hydrogens (tertiary/aromatic N) is 2. The Morgan fingerprint density at radius 2 is 2.10 bits per heavy atom. The molecule has 0 saturated carbocycles. The first kappa shape index (κ1) is 15.4. The summed E-state index contributed by atoms with van der Waals surface area (Å²) in [6.45, 7) is 4.36. The highest BCUT2D eigenvalue weighted by atomic mass is 35.5. The van der Waals surface area contributed by atoms with Crippen LogP contribution in [0.15, 0.2) is 30.5 Å². The van der Waals surface area contributed by atoms with Crippen molar-refractivity contribution in [2.24, 2.45) is 0 Å². The van der Waals surface area contributed by atoms with E-state index < -0.39 is 0 Å². The monoisotopic (exact) mass is 307 g/mol. The third-order valence-electron chi connectivity index (χ3n) is 2.71. The van der Waals surface area contributed by atoms with E-state index in [0.717, 1.165) is 11.3 Å². The Bertz CT molecular complexity index is 605. The molecule has 1 aromatic carbocycles. The highest BCUT2D eigenvalue weighted by molar-refractivity contribution is 6.31. The van der Waals surface area contributed by atoms with Gasteiger partial charge in [0, 0.05) is 29.4 Å². The van der Waals surface area contributed by atoms with Crippen LogP contribution in [0.25, 0.3) is 0 Å². The molecule has 0 radical (unpaired) electrons. The lowest BCUT2D eigenvalue weighted by Crippen LogP contribution is -2.09. The van der Waals surface area contributed by atoms with Gasteiger partial charge in [-0.15, -0.1) is 0 Å². The molecule has 21 heavy (non-hydrogen) atoms. The van der Waals surface area contributed by atoms with Crippen LogP contribution in [0, 0.1) is 0 Å². The predicted molar refractivity (Wildman–Crippen MR) is 83.1 cm³/mol. The molecule has 1 aromatic heterocycles. The summed E-state index contributed by atoms with van der Waals surface area (Å²) < 4.78 is 10.8. The van der Waals surface area contributed by atoms with Gasteiger partial charge in [0.15, 0.2) is 0 Å². The molecule has 0 amide bonds. The second kappa shape index (κ2) is 7.13. The summed E-state index contributed by atoms with van der Waals surface area (Å²) in [5, 5.41) is 3.76. The van der Waals surface area contributed by atoms with Crippen LogP contribution in [0.4, 0.5) is 5.95 Å². The third kappa shape index (κ3) is 4.23. The molecular weight excluding hydrogens is 290 g/mol. The largest absolute Gasteiger partial charge is 0.496 e. The molecule has 112 valence electrons. The van der Waals surface area contributed by atoms with Crippen LogP contribution in [0.3, 0.4) is 0 Å². The number of benzene rings is 1. The van der Waals surface area contributed by atoms with E-state index >= 15 is 0 Å². The minimum atomic E-state index is 0.0661. The van der Waals surface area contributed by atoms with E-state index in [2.05, 4.69) is 15.3 Å². The molecule has 0 spiro atoms. The molecule has 6 heteroatoms. The van der Waals surface area contributed by atoms with Gasteiger partial charge in [-0.25, -0.2) is 4.98 Å². The molecule has 0 atom stereocenters. The topological polar surface area (TPSA) is 56.3 Å². The number of hydrogen-bond acceptors (Lipinski definition) is 5. The van der Waals surface area contributed by atoms with Crippen molar-refractivity contribution in [3.05, 3.63) is 41.0 Å². The summed E-state index contributed by atoms with van der Waals surface area (Å²) in [6, 6.07) is 7.25. The number of hydrogen-bond donors (Lipinski definition) is 1. The molecule has 1 N–H and O–H groups in total. The van der Waals surface area contributed by atoms with Gasteiger partial charge >= 0.3 is 0 Å². The van der Waals surface area contributed by atoms with Gasteiger partial charge in [-0.2, -0.15) is 4.98 Å². The first-order valence-electron chi connectivity index (χ1n) is 6.65. The molecule has 0 aliphatic carbocycles. The summed E-state index contributed by atoms with van der Waals surface area (Å²) >= 11 is 6.19. The van der Waals surface area contributed by atoms with E-state index in [4.69, 9.17) is 21.1 Å². The first-order valence-corrected chi connectivity index (χ1v) is 7.03. The summed E-state index contributed by atoms with van der Waals surface area (Å²) in [5.41, 5.74) is 0.862. The molecule has 0 saturated heterocycles. The molecule has 2 rings (SSSR count). The van der Waals surface area contributed by atoms with Gasteiger partial charge in [0.05, 0.1) is 13.2 Å². The van der Waals surface area contributed by atoms with Crippen LogP contribution in [0.1, 0.15) is 19.4 Å². The van der Waals surface area contributed by atoms with Crippen molar-refractivity contribution in [3.8, 4) is 11.6 Å². The van der Waals surface area contributed by atoms with Gasteiger partial charge in [-0.05, 0) is 26.0 Å². The molecular formula is C15H18ClN3O2. The number of ether oxygens (including phenoxy) is 2. The predicted octanol–water partition coefficient (Wildman–Crippen LogP) is 3.54.